The molecule has 0 aromatic rings. The molecule has 114 valence electrons. The van der Waals surface area contributed by atoms with Crippen molar-refractivity contribution in [2.75, 3.05) is 0 Å². The van der Waals surface area contributed by atoms with Gasteiger partial charge >= 0.3 is 0 Å². The van der Waals surface area contributed by atoms with E-state index in [1.165, 1.54) is 32.1 Å². The van der Waals surface area contributed by atoms with Crippen molar-refractivity contribution in [3.8, 4) is 0 Å². The molecule has 3 aliphatic heterocycles. The van der Waals surface area contributed by atoms with Gasteiger partial charge in [0.25, 0.3) is 0 Å². The zero-order valence-corrected chi connectivity index (χ0v) is 13.1. The molecule has 5 fully saturated rings. The van der Waals surface area contributed by atoms with E-state index in [0.717, 1.165) is 24.7 Å². The SMILES string of the molecule is CCC1CCC2O[C@]3(C)CCC4C(C)CCC1[C@@]24OO3. The Bertz CT molecular complexity index is 394. The summed E-state index contributed by atoms with van der Waals surface area (Å²) in [6.07, 6.45) is 8.78. The van der Waals surface area contributed by atoms with E-state index in [1.54, 1.807) is 0 Å². The van der Waals surface area contributed by atoms with E-state index in [4.69, 9.17) is 14.5 Å². The fourth-order valence-corrected chi connectivity index (χ4v) is 5.79. The number of hydrogen-bond donors (Lipinski definition) is 0. The average Bonchev–Trinajstić information content (AvgIpc) is 2.67. The Balaban J connectivity index is 1.79. The van der Waals surface area contributed by atoms with Crippen molar-refractivity contribution in [1.29, 1.82) is 0 Å². The average molecular weight is 280 g/mol. The van der Waals surface area contributed by atoms with Gasteiger partial charge in [0.1, 0.15) is 5.60 Å². The van der Waals surface area contributed by atoms with Gasteiger partial charge in [-0.05, 0) is 62.7 Å². The third kappa shape index (κ3) is 1.63. The Labute approximate surface area is 122 Å². The highest BCUT2D eigenvalue weighted by Gasteiger charge is 2.66. The van der Waals surface area contributed by atoms with Crippen LogP contribution in [0.4, 0.5) is 0 Å². The maximum atomic E-state index is 6.42. The molecule has 20 heavy (non-hydrogen) atoms. The normalized spacial score (nSPS) is 58.0. The number of rotatable bonds is 1. The Kier molecular flexibility index (Phi) is 3.00. The van der Waals surface area contributed by atoms with Crippen LogP contribution < -0.4 is 0 Å². The highest BCUT2D eigenvalue weighted by Crippen LogP contribution is 2.61. The van der Waals surface area contributed by atoms with E-state index in [-0.39, 0.29) is 11.7 Å². The molecule has 0 amide bonds. The van der Waals surface area contributed by atoms with Crippen LogP contribution in [0.3, 0.4) is 0 Å². The molecular formula is C17H28O3. The minimum Gasteiger partial charge on any atom is -0.341 e. The molecule has 2 bridgehead atoms. The van der Waals surface area contributed by atoms with Crippen molar-refractivity contribution >= 4 is 0 Å². The van der Waals surface area contributed by atoms with Crippen molar-refractivity contribution in [2.45, 2.75) is 83.2 Å². The highest BCUT2D eigenvalue weighted by molar-refractivity contribution is 5.11. The van der Waals surface area contributed by atoms with Crippen LogP contribution in [-0.2, 0) is 14.5 Å². The summed E-state index contributed by atoms with van der Waals surface area (Å²) in [6, 6.07) is 0. The van der Waals surface area contributed by atoms with Crippen LogP contribution in [0.5, 0.6) is 0 Å². The lowest BCUT2D eigenvalue weighted by atomic mass is 9.53. The van der Waals surface area contributed by atoms with E-state index in [2.05, 4.69) is 20.8 Å². The molecule has 0 N–H and O–H groups in total. The summed E-state index contributed by atoms with van der Waals surface area (Å²) in [6.45, 7) is 6.80. The van der Waals surface area contributed by atoms with E-state index in [1.807, 2.05) is 0 Å². The van der Waals surface area contributed by atoms with Crippen LogP contribution in [-0.4, -0.2) is 17.5 Å². The van der Waals surface area contributed by atoms with E-state index >= 15 is 0 Å². The van der Waals surface area contributed by atoms with E-state index < -0.39 is 5.79 Å². The van der Waals surface area contributed by atoms with Gasteiger partial charge in [0.05, 0.1) is 6.10 Å². The molecule has 3 heterocycles. The zero-order valence-electron chi connectivity index (χ0n) is 13.1. The van der Waals surface area contributed by atoms with E-state index in [0.29, 0.717) is 11.8 Å². The van der Waals surface area contributed by atoms with Crippen molar-refractivity contribution in [2.24, 2.45) is 23.7 Å². The Morgan fingerprint density at radius 2 is 1.85 bits per heavy atom. The maximum Gasteiger partial charge on any atom is 0.199 e. The molecule has 3 nitrogen and oxygen atoms in total. The summed E-state index contributed by atoms with van der Waals surface area (Å²) in [5.41, 5.74) is -0.146. The number of ether oxygens (including phenoxy) is 1. The second kappa shape index (κ2) is 4.44. The van der Waals surface area contributed by atoms with Gasteiger partial charge in [-0.25, -0.2) is 9.78 Å². The smallest absolute Gasteiger partial charge is 0.199 e. The summed E-state index contributed by atoms with van der Waals surface area (Å²) in [4.78, 5) is 12.0. The lowest BCUT2D eigenvalue weighted by Crippen LogP contribution is -2.67. The van der Waals surface area contributed by atoms with Crippen molar-refractivity contribution in [3.05, 3.63) is 0 Å². The van der Waals surface area contributed by atoms with Gasteiger partial charge in [-0.1, -0.05) is 20.3 Å². The fraction of sp³-hybridized carbons (Fsp3) is 1.00. The molecule has 0 aromatic heterocycles. The molecule has 2 aliphatic carbocycles. The molecule has 5 rings (SSSR count). The largest absolute Gasteiger partial charge is 0.341 e. The lowest BCUT2D eigenvalue weighted by molar-refractivity contribution is -0.538. The van der Waals surface area contributed by atoms with Crippen LogP contribution in [0.2, 0.25) is 0 Å². The summed E-state index contributed by atoms with van der Waals surface area (Å²) >= 11 is 0. The van der Waals surface area contributed by atoms with Gasteiger partial charge in [0, 0.05) is 6.42 Å². The number of hydrogen-bond acceptors (Lipinski definition) is 3. The van der Waals surface area contributed by atoms with Crippen molar-refractivity contribution in [3.63, 3.8) is 0 Å². The van der Waals surface area contributed by atoms with E-state index in [9.17, 15) is 0 Å². The van der Waals surface area contributed by atoms with Gasteiger partial charge in [-0.3, -0.25) is 0 Å². The standard InChI is InChI=1S/C17H28O3/c1-4-12-6-8-15-17-13(11(2)5-7-14(12)17)9-10-16(3,18-15)19-20-17/h11-15H,4-10H2,1-3H3/t11?,12?,13?,14?,15?,16-,17+/m0/s1. The summed E-state index contributed by atoms with van der Waals surface area (Å²) < 4.78 is 6.42. The molecule has 2 saturated carbocycles. The first-order valence-corrected chi connectivity index (χ1v) is 8.63. The molecule has 3 saturated heterocycles. The minimum atomic E-state index is -0.503. The monoisotopic (exact) mass is 280 g/mol. The topological polar surface area (TPSA) is 27.7 Å². The highest BCUT2D eigenvalue weighted by atomic mass is 17.3. The maximum absolute atomic E-state index is 6.42. The van der Waals surface area contributed by atoms with Gasteiger partial charge in [-0.2, -0.15) is 0 Å². The van der Waals surface area contributed by atoms with Gasteiger partial charge in [0.15, 0.2) is 5.79 Å². The molecule has 1 spiro atoms. The molecule has 0 aromatic carbocycles. The second-order valence-corrected chi connectivity index (χ2v) is 7.81. The van der Waals surface area contributed by atoms with Crippen LogP contribution >= 0.6 is 0 Å². The van der Waals surface area contributed by atoms with Gasteiger partial charge < -0.3 is 4.74 Å². The van der Waals surface area contributed by atoms with Crippen molar-refractivity contribution in [1.82, 2.24) is 0 Å². The molecule has 0 radical (unpaired) electrons. The van der Waals surface area contributed by atoms with Crippen molar-refractivity contribution < 1.29 is 14.5 Å². The first-order valence-electron chi connectivity index (χ1n) is 8.63. The van der Waals surface area contributed by atoms with Gasteiger partial charge in [-0.15, -0.1) is 0 Å². The summed E-state index contributed by atoms with van der Waals surface area (Å²) in [5, 5.41) is 0. The zero-order chi connectivity index (χ0) is 14.0. The predicted molar refractivity (Wildman–Crippen MR) is 75.8 cm³/mol. The second-order valence-electron chi connectivity index (χ2n) is 7.81. The Morgan fingerprint density at radius 1 is 1.00 bits per heavy atom. The van der Waals surface area contributed by atoms with Crippen LogP contribution in [0.25, 0.3) is 0 Å². The quantitative estimate of drug-likeness (QED) is 0.678. The molecule has 7 atom stereocenters. The van der Waals surface area contributed by atoms with Crippen LogP contribution in [0.1, 0.15) is 65.7 Å². The molecule has 5 aliphatic rings. The molecule has 3 heteroatoms. The minimum absolute atomic E-state index is 0.146. The molecular weight excluding hydrogens is 252 g/mol. The van der Waals surface area contributed by atoms with Crippen LogP contribution in [0, 0.1) is 23.7 Å². The summed E-state index contributed by atoms with van der Waals surface area (Å²) in [7, 11) is 0. The Hall–Kier alpha value is -0.120. The number of fused-ring (bicyclic) bond motifs is 2. The third-order valence-corrected chi connectivity index (χ3v) is 6.84. The van der Waals surface area contributed by atoms with Gasteiger partial charge in [0.2, 0.25) is 0 Å². The first-order chi connectivity index (χ1) is 9.59. The summed E-state index contributed by atoms with van der Waals surface area (Å²) in [5.74, 6) is 2.27. The predicted octanol–water partition coefficient (Wildman–Crippen LogP) is 4.06. The lowest BCUT2D eigenvalue weighted by Gasteiger charge is -2.60. The Morgan fingerprint density at radius 3 is 2.65 bits per heavy atom. The van der Waals surface area contributed by atoms with Crippen LogP contribution in [0.15, 0.2) is 0 Å². The fourth-order valence-electron chi connectivity index (χ4n) is 5.79. The molecule has 5 unspecified atom stereocenters. The first kappa shape index (κ1) is 13.5. The third-order valence-electron chi connectivity index (χ3n) is 6.84.